The van der Waals surface area contributed by atoms with Crippen molar-refractivity contribution in [2.45, 2.75) is 25.8 Å². The van der Waals surface area contributed by atoms with E-state index in [9.17, 15) is 14.4 Å². The number of carbonyl (C=O) groups excluding carboxylic acids is 3. The van der Waals surface area contributed by atoms with Gasteiger partial charge in [0.15, 0.2) is 0 Å². The molecule has 0 aliphatic carbocycles. The first-order chi connectivity index (χ1) is 16.4. The molecular weight excluding hydrogens is 442 g/mol. The molecule has 0 atom stereocenters. The van der Waals surface area contributed by atoms with Crippen LogP contribution in [0.2, 0.25) is 0 Å². The number of ether oxygens (including phenoxy) is 2. The fourth-order valence-corrected chi connectivity index (χ4v) is 4.51. The predicted molar refractivity (Wildman–Crippen MR) is 121 cm³/mol. The third-order valence-corrected chi connectivity index (χ3v) is 6.40. The van der Waals surface area contributed by atoms with Crippen molar-refractivity contribution in [3.8, 4) is 5.88 Å². The Labute approximate surface area is 196 Å². The molecule has 3 amide bonds. The van der Waals surface area contributed by atoms with E-state index < -0.39 is 11.4 Å². The van der Waals surface area contributed by atoms with E-state index in [-0.39, 0.29) is 28.8 Å². The largest absolute Gasteiger partial charge is 0.476 e. The molecule has 0 saturated carbocycles. The number of piperazine rings is 1. The molecule has 2 fully saturated rings. The Morgan fingerprint density at radius 2 is 2.00 bits per heavy atom. The predicted octanol–water partition coefficient (Wildman–Crippen LogP) is 1.05. The van der Waals surface area contributed by atoms with Gasteiger partial charge in [0, 0.05) is 39.5 Å². The first kappa shape index (κ1) is 22.2. The van der Waals surface area contributed by atoms with Gasteiger partial charge in [0.1, 0.15) is 23.5 Å². The van der Waals surface area contributed by atoms with Gasteiger partial charge in [0.05, 0.1) is 36.5 Å². The van der Waals surface area contributed by atoms with Crippen LogP contribution in [-0.2, 0) is 16.0 Å². The van der Waals surface area contributed by atoms with Crippen LogP contribution in [0.1, 0.15) is 40.3 Å². The molecule has 0 radical (unpaired) electrons. The summed E-state index contributed by atoms with van der Waals surface area (Å²) in [4.78, 5) is 45.8. The van der Waals surface area contributed by atoms with Crippen LogP contribution in [0.25, 0.3) is 0 Å². The Bertz CT molecular complexity index is 1130. The number of fused-ring (bicyclic) bond motifs is 1. The van der Waals surface area contributed by atoms with E-state index in [1.807, 2.05) is 6.92 Å². The number of amides is 3. The fraction of sp³-hybridized carbons (Fsp3) is 0.478. The van der Waals surface area contributed by atoms with E-state index in [1.54, 1.807) is 24.0 Å². The number of nitrogens with zero attached hydrogens (tertiary/aromatic N) is 3. The minimum absolute atomic E-state index is 0.0620. The van der Waals surface area contributed by atoms with Crippen LogP contribution in [0.4, 0.5) is 11.5 Å². The summed E-state index contributed by atoms with van der Waals surface area (Å²) in [6.07, 6.45) is 1.80. The van der Waals surface area contributed by atoms with E-state index in [1.165, 1.54) is 6.26 Å². The van der Waals surface area contributed by atoms with Gasteiger partial charge in [-0.05, 0) is 19.1 Å². The second kappa shape index (κ2) is 8.64. The number of carbonyl (C=O) groups is 3. The summed E-state index contributed by atoms with van der Waals surface area (Å²) < 4.78 is 16.5. The van der Waals surface area contributed by atoms with Crippen molar-refractivity contribution in [3.05, 3.63) is 35.3 Å². The minimum atomic E-state index is -0.480. The van der Waals surface area contributed by atoms with E-state index in [4.69, 9.17) is 13.9 Å². The first-order valence-corrected chi connectivity index (χ1v) is 11.4. The van der Waals surface area contributed by atoms with E-state index >= 15 is 0 Å². The molecule has 1 spiro atoms. The maximum absolute atomic E-state index is 13.1. The zero-order valence-electron chi connectivity index (χ0n) is 19.2. The molecule has 34 heavy (non-hydrogen) atoms. The van der Waals surface area contributed by atoms with Crippen LogP contribution in [-0.4, -0.2) is 79.1 Å². The summed E-state index contributed by atoms with van der Waals surface area (Å²) in [5.74, 6) is 0.720. The van der Waals surface area contributed by atoms with Crippen molar-refractivity contribution < 1.29 is 28.3 Å². The van der Waals surface area contributed by atoms with Crippen molar-refractivity contribution >= 4 is 29.2 Å². The van der Waals surface area contributed by atoms with Gasteiger partial charge < -0.3 is 34.3 Å². The molecule has 2 saturated heterocycles. The summed E-state index contributed by atoms with van der Waals surface area (Å²) in [5, 5.41) is 5.75. The van der Waals surface area contributed by atoms with Gasteiger partial charge >= 0.3 is 0 Å². The van der Waals surface area contributed by atoms with Crippen molar-refractivity contribution in [1.82, 2.24) is 15.2 Å². The van der Waals surface area contributed by atoms with Crippen molar-refractivity contribution in [2.24, 2.45) is 0 Å². The van der Waals surface area contributed by atoms with Crippen LogP contribution in [0.3, 0.4) is 0 Å². The molecule has 0 unspecified atom stereocenters. The summed E-state index contributed by atoms with van der Waals surface area (Å²) >= 11 is 0. The minimum Gasteiger partial charge on any atom is -0.476 e. The van der Waals surface area contributed by atoms with Crippen LogP contribution < -0.4 is 20.3 Å². The SMILES string of the molecule is CCOc1nc(N2CCN(C(C)=O)CC2)ccc1NC(=O)c1coc2c1C(=O)NC1(COC1)C2. The molecular formula is C23H27N5O6. The topological polar surface area (TPSA) is 126 Å². The van der Waals surface area contributed by atoms with E-state index in [2.05, 4.69) is 20.5 Å². The molecule has 180 valence electrons. The molecule has 2 aromatic heterocycles. The molecule has 3 aliphatic heterocycles. The van der Waals surface area contributed by atoms with Crippen LogP contribution in [0.15, 0.2) is 22.8 Å². The van der Waals surface area contributed by atoms with Crippen LogP contribution in [0.5, 0.6) is 5.88 Å². The van der Waals surface area contributed by atoms with Gasteiger partial charge in [-0.1, -0.05) is 0 Å². The Hall–Kier alpha value is -3.60. The molecule has 5 rings (SSSR count). The number of rotatable bonds is 5. The van der Waals surface area contributed by atoms with Gasteiger partial charge in [0.25, 0.3) is 11.8 Å². The number of hydrogen-bond donors (Lipinski definition) is 2. The normalized spacial score (nSPS) is 18.7. The van der Waals surface area contributed by atoms with E-state index in [0.717, 1.165) is 0 Å². The molecule has 0 bridgehead atoms. The van der Waals surface area contributed by atoms with Crippen molar-refractivity contribution in [3.63, 3.8) is 0 Å². The quantitative estimate of drug-likeness (QED) is 0.666. The second-order valence-corrected chi connectivity index (χ2v) is 8.75. The second-order valence-electron chi connectivity index (χ2n) is 8.75. The summed E-state index contributed by atoms with van der Waals surface area (Å²) in [5.41, 5.74) is 0.372. The maximum Gasteiger partial charge on any atom is 0.259 e. The monoisotopic (exact) mass is 469 g/mol. The van der Waals surface area contributed by atoms with E-state index in [0.29, 0.717) is 69.7 Å². The Morgan fingerprint density at radius 1 is 1.24 bits per heavy atom. The number of aromatic nitrogens is 1. The number of furan rings is 1. The van der Waals surface area contributed by atoms with Gasteiger partial charge in [-0.2, -0.15) is 4.98 Å². The average Bonchev–Trinajstić information content (AvgIpc) is 3.24. The van der Waals surface area contributed by atoms with Gasteiger partial charge in [-0.15, -0.1) is 0 Å². The van der Waals surface area contributed by atoms with Gasteiger partial charge in [0.2, 0.25) is 11.8 Å². The van der Waals surface area contributed by atoms with Gasteiger partial charge in [-0.25, -0.2) is 0 Å². The smallest absolute Gasteiger partial charge is 0.259 e. The number of pyridine rings is 1. The number of anilines is 2. The molecule has 2 aromatic rings. The highest BCUT2D eigenvalue weighted by molar-refractivity contribution is 6.13. The maximum atomic E-state index is 13.1. The number of nitrogens with one attached hydrogen (secondary N) is 2. The summed E-state index contributed by atoms with van der Waals surface area (Å²) in [6, 6.07) is 3.54. The lowest BCUT2D eigenvalue weighted by atomic mass is 9.86. The molecule has 11 nitrogen and oxygen atoms in total. The lowest BCUT2D eigenvalue weighted by Gasteiger charge is -2.43. The third kappa shape index (κ3) is 3.96. The zero-order valence-corrected chi connectivity index (χ0v) is 19.2. The van der Waals surface area contributed by atoms with Crippen molar-refractivity contribution in [1.29, 1.82) is 0 Å². The summed E-state index contributed by atoms with van der Waals surface area (Å²) in [7, 11) is 0. The molecule has 3 aliphatic rings. The fourth-order valence-electron chi connectivity index (χ4n) is 4.51. The molecule has 11 heteroatoms. The summed E-state index contributed by atoms with van der Waals surface area (Å²) in [6.45, 7) is 7.20. The first-order valence-electron chi connectivity index (χ1n) is 11.4. The van der Waals surface area contributed by atoms with Crippen LogP contribution in [0, 0.1) is 0 Å². The Balaban J connectivity index is 1.33. The number of hydrogen-bond acceptors (Lipinski definition) is 8. The lowest BCUT2D eigenvalue weighted by Crippen LogP contribution is -2.65. The Kier molecular flexibility index (Phi) is 5.64. The lowest BCUT2D eigenvalue weighted by molar-refractivity contribution is -0.129. The highest BCUT2D eigenvalue weighted by atomic mass is 16.5. The highest BCUT2D eigenvalue weighted by Crippen LogP contribution is 2.33. The molecule has 0 aromatic carbocycles. The average molecular weight is 469 g/mol. The molecule has 2 N–H and O–H groups in total. The third-order valence-electron chi connectivity index (χ3n) is 6.40. The zero-order chi connectivity index (χ0) is 23.9. The van der Waals surface area contributed by atoms with Crippen molar-refractivity contribution in [2.75, 3.05) is 56.2 Å². The van der Waals surface area contributed by atoms with Crippen LogP contribution >= 0.6 is 0 Å². The highest BCUT2D eigenvalue weighted by Gasteiger charge is 2.47. The Morgan fingerprint density at radius 3 is 2.65 bits per heavy atom. The standard InChI is InChI=1S/C23H27N5O6/c1-3-33-22-16(4-5-18(25-22)28-8-6-27(7-9-28)14(2)29)24-20(30)15-11-34-17-10-23(12-32-13-23)26-21(31)19(15)17/h4-5,11H,3,6-10,12-13H2,1-2H3,(H,24,30)(H,26,31). The van der Waals surface area contributed by atoms with Gasteiger partial charge in [-0.3, -0.25) is 14.4 Å². The molecule has 5 heterocycles.